The standard InChI is InChI=1S/C11H13N3O5S/c1-7-10(12-6-15)4-9(5-11(7)14(16)17)20(18,19)13-8-2-3-8/h4-6,8,13H,2-3H2,1H3,(H,12,15). The monoisotopic (exact) mass is 299 g/mol. The van der Waals surface area contributed by atoms with Crippen molar-refractivity contribution >= 4 is 27.8 Å². The van der Waals surface area contributed by atoms with Crippen LogP contribution < -0.4 is 10.0 Å². The average Bonchev–Trinajstić information content (AvgIpc) is 3.14. The third-order valence-electron chi connectivity index (χ3n) is 2.97. The number of nitro groups is 1. The van der Waals surface area contributed by atoms with Gasteiger partial charge in [-0.3, -0.25) is 14.9 Å². The van der Waals surface area contributed by atoms with Crippen molar-refractivity contribution in [3.05, 3.63) is 27.8 Å². The number of nitrogens with zero attached hydrogens (tertiary/aromatic N) is 1. The van der Waals surface area contributed by atoms with E-state index in [9.17, 15) is 23.3 Å². The smallest absolute Gasteiger partial charge is 0.275 e. The lowest BCUT2D eigenvalue weighted by molar-refractivity contribution is -0.385. The van der Waals surface area contributed by atoms with Gasteiger partial charge < -0.3 is 5.32 Å². The van der Waals surface area contributed by atoms with Crippen LogP contribution >= 0.6 is 0 Å². The van der Waals surface area contributed by atoms with Gasteiger partial charge in [0.1, 0.15) is 0 Å². The minimum Gasteiger partial charge on any atom is -0.328 e. The highest BCUT2D eigenvalue weighted by atomic mass is 32.2. The first-order chi connectivity index (χ1) is 9.35. The molecular weight excluding hydrogens is 286 g/mol. The molecule has 20 heavy (non-hydrogen) atoms. The maximum atomic E-state index is 12.1. The first-order valence-corrected chi connectivity index (χ1v) is 7.35. The molecule has 2 rings (SSSR count). The Hall–Kier alpha value is -2.00. The summed E-state index contributed by atoms with van der Waals surface area (Å²) < 4.78 is 26.6. The lowest BCUT2D eigenvalue weighted by Crippen LogP contribution is -2.26. The summed E-state index contributed by atoms with van der Waals surface area (Å²) in [4.78, 5) is 20.6. The highest BCUT2D eigenvalue weighted by molar-refractivity contribution is 7.89. The molecule has 1 aromatic rings. The predicted octanol–water partition coefficient (Wildman–Crippen LogP) is 0.912. The lowest BCUT2D eigenvalue weighted by Gasteiger charge is -2.10. The zero-order chi connectivity index (χ0) is 14.9. The first-order valence-electron chi connectivity index (χ1n) is 5.86. The number of carbonyl (C=O) groups is 1. The maximum absolute atomic E-state index is 12.1. The quantitative estimate of drug-likeness (QED) is 0.460. The molecule has 0 aromatic heterocycles. The summed E-state index contributed by atoms with van der Waals surface area (Å²) >= 11 is 0. The van der Waals surface area contributed by atoms with E-state index >= 15 is 0 Å². The summed E-state index contributed by atoms with van der Waals surface area (Å²) in [5, 5.41) is 13.2. The van der Waals surface area contributed by atoms with Crippen LogP contribution in [0.2, 0.25) is 0 Å². The van der Waals surface area contributed by atoms with Crippen molar-refractivity contribution in [3.63, 3.8) is 0 Å². The molecular formula is C11H13N3O5S. The van der Waals surface area contributed by atoms with Gasteiger partial charge in [-0.1, -0.05) is 0 Å². The van der Waals surface area contributed by atoms with E-state index in [1.807, 2.05) is 0 Å². The SMILES string of the molecule is Cc1c(NC=O)cc(S(=O)(=O)NC2CC2)cc1[N+](=O)[O-]. The third-order valence-corrected chi connectivity index (χ3v) is 4.47. The largest absolute Gasteiger partial charge is 0.328 e. The van der Waals surface area contributed by atoms with Crippen LogP contribution in [-0.4, -0.2) is 25.8 Å². The maximum Gasteiger partial charge on any atom is 0.275 e. The van der Waals surface area contributed by atoms with Gasteiger partial charge in [-0.25, -0.2) is 13.1 Å². The van der Waals surface area contributed by atoms with Crippen LogP contribution in [0, 0.1) is 17.0 Å². The van der Waals surface area contributed by atoms with E-state index in [2.05, 4.69) is 10.0 Å². The normalized spacial score (nSPS) is 14.8. The summed E-state index contributed by atoms with van der Waals surface area (Å²) in [6.45, 7) is 1.44. The number of sulfonamides is 1. The average molecular weight is 299 g/mol. The molecule has 0 unspecified atom stereocenters. The highest BCUT2D eigenvalue weighted by Gasteiger charge is 2.30. The fourth-order valence-electron chi connectivity index (χ4n) is 1.72. The van der Waals surface area contributed by atoms with Gasteiger partial charge in [0.15, 0.2) is 0 Å². The predicted molar refractivity (Wildman–Crippen MR) is 70.9 cm³/mol. The van der Waals surface area contributed by atoms with Gasteiger partial charge in [0.2, 0.25) is 16.4 Å². The van der Waals surface area contributed by atoms with E-state index in [-0.39, 0.29) is 27.9 Å². The minimum atomic E-state index is -3.82. The zero-order valence-electron chi connectivity index (χ0n) is 10.6. The molecule has 2 N–H and O–H groups in total. The van der Waals surface area contributed by atoms with Crippen molar-refractivity contribution in [1.29, 1.82) is 0 Å². The van der Waals surface area contributed by atoms with Gasteiger partial charge >= 0.3 is 0 Å². The van der Waals surface area contributed by atoms with Crippen molar-refractivity contribution in [2.24, 2.45) is 0 Å². The van der Waals surface area contributed by atoms with Crippen LogP contribution in [0.15, 0.2) is 17.0 Å². The Bertz CT molecular complexity index is 667. The van der Waals surface area contributed by atoms with Crippen molar-refractivity contribution in [3.8, 4) is 0 Å². The molecule has 108 valence electrons. The zero-order valence-corrected chi connectivity index (χ0v) is 11.4. The van der Waals surface area contributed by atoms with Crippen LogP contribution in [-0.2, 0) is 14.8 Å². The second-order valence-corrected chi connectivity index (χ2v) is 6.24. The fraction of sp³-hybridized carbons (Fsp3) is 0.364. The Morgan fingerprint density at radius 1 is 1.40 bits per heavy atom. The summed E-state index contributed by atoms with van der Waals surface area (Å²) in [6.07, 6.45) is 1.86. The second kappa shape index (κ2) is 5.17. The summed E-state index contributed by atoms with van der Waals surface area (Å²) in [6, 6.07) is 2.10. The molecule has 0 atom stereocenters. The number of carbonyl (C=O) groups excluding carboxylic acids is 1. The van der Waals surface area contributed by atoms with Crippen molar-refractivity contribution in [2.45, 2.75) is 30.7 Å². The van der Waals surface area contributed by atoms with Gasteiger partial charge in [-0.05, 0) is 25.8 Å². The van der Waals surface area contributed by atoms with Crippen molar-refractivity contribution in [2.75, 3.05) is 5.32 Å². The van der Waals surface area contributed by atoms with Gasteiger partial charge in [-0.2, -0.15) is 0 Å². The summed E-state index contributed by atoms with van der Waals surface area (Å²) in [5.41, 5.74) is -0.0501. The lowest BCUT2D eigenvalue weighted by atomic mass is 10.1. The number of amides is 1. The number of hydrogen-bond donors (Lipinski definition) is 2. The number of hydrogen-bond acceptors (Lipinski definition) is 5. The van der Waals surface area contributed by atoms with Crippen molar-refractivity contribution < 1.29 is 18.1 Å². The fourth-order valence-corrected chi connectivity index (χ4v) is 3.07. The molecule has 1 aliphatic carbocycles. The summed E-state index contributed by atoms with van der Waals surface area (Å²) in [5.74, 6) is 0. The van der Waals surface area contributed by atoms with E-state index in [4.69, 9.17) is 0 Å². The van der Waals surface area contributed by atoms with E-state index in [0.717, 1.165) is 18.9 Å². The number of nitro benzene ring substituents is 1. The van der Waals surface area contributed by atoms with E-state index in [1.54, 1.807) is 0 Å². The van der Waals surface area contributed by atoms with Crippen LogP contribution in [0.5, 0.6) is 0 Å². The molecule has 0 bridgehead atoms. The Morgan fingerprint density at radius 3 is 2.55 bits per heavy atom. The molecule has 0 saturated heterocycles. The minimum absolute atomic E-state index is 0.102. The Morgan fingerprint density at radius 2 is 2.05 bits per heavy atom. The van der Waals surface area contributed by atoms with Gasteiger partial charge in [-0.15, -0.1) is 0 Å². The Labute approximate surface area is 115 Å². The Kier molecular flexibility index (Phi) is 3.73. The molecule has 1 aromatic carbocycles. The molecule has 1 saturated carbocycles. The third kappa shape index (κ3) is 2.94. The number of rotatable bonds is 6. The summed E-state index contributed by atoms with van der Waals surface area (Å²) in [7, 11) is -3.82. The molecule has 0 heterocycles. The molecule has 1 amide bonds. The number of nitrogens with one attached hydrogen (secondary N) is 2. The second-order valence-electron chi connectivity index (χ2n) is 4.53. The number of benzene rings is 1. The molecule has 1 fully saturated rings. The van der Waals surface area contributed by atoms with Gasteiger partial charge in [0, 0.05) is 12.1 Å². The van der Waals surface area contributed by atoms with Crippen LogP contribution in [0.25, 0.3) is 0 Å². The van der Waals surface area contributed by atoms with E-state index in [0.29, 0.717) is 6.41 Å². The van der Waals surface area contributed by atoms with E-state index < -0.39 is 14.9 Å². The molecule has 1 aliphatic rings. The Balaban J connectivity index is 2.52. The van der Waals surface area contributed by atoms with Crippen molar-refractivity contribution in [1.82, 2.24) is 4.72 Å². The molecule has 9 heteroatoms. The molecule has 0 radical (unpaired) electrons. The first kappa shape index (κ1) is 14.4. The van der Waals surface area contributed by atoms with Crippen LogP contribution in [0.4, 0.5) is 11.4 Å². The molecule has 0 spiro atoms. The van der Waals surface area contributed by atoms with E-state index in [1.165, 1.54) is 13.0 Å². The highest BCUT2D eigenvalue weighted by Crippen LogP contribution is 2.30. The molecule has 0 aliphatic heterocycles. The topological polar surface area (TPSA) is 118 Å². The van der Waals surface area contributed by atoms with Gasteiger partial charge in [0.05, 0.1) is 21.1 Å². The van der Waals surface area contributed by atoms with Gasteiger partial charge in [0.25, 0.3) is 5.69 Å². The number of anilines is 1. The molecule has 8 nitrogen and oxygen atoms in total. The van der Waals surface area contributed by atoms with Crippen LogP contribution in [0.1, 0.15) is 18.4 Å². The van der Waals surface area contributed by atoms with Crippen LogP contribution in [0.3, 0.4) is 0 Å².